The van der Waals surface area contributed by atoms with E-state index in [1.807, 2.05) is 13.0 Å². The van der Waals surface area contributed by atoms with Gasteiger partial charge in [-0.2, -0.15) is 0 Å². The van der Waals surface area contributed by atoms with Crippen molar-refractivity contribution in [2.45, 2.75) is 43.5 Å². The van der Waals surface area contributed by atoms with Gasteiger partial charge in [0, 0.05) is 36.9 Å². The van der Waals surface area contributed by atoms with Crippen molar-refractivity contribution in [2.24, 2.45) is 0 Å². The molecule has 0 amide bonds. The Morgan fingerprint density at radius 3 is 2.55 bits per heavy atom. The molecule has 0 radical (unpaired) electrons. The first-order valence-electron chi connectivity index (χ1n) is 10.8. The van der Waals surface area contributed by atoms with Crippen molar-refractivity contribution >= 4 is 27.0 Å². The van der Waals surface area contributed by atoms with Crippen molar-refractivity contribution in [1.29, 1.82) is 0 Å². The van der Waals surface area contributed by atoms with Gasteiger partial charge in [-0.15, -0.1) is 11.3 Å². The molecule has 1 unspecified atom stereocenters. The summed E-state index contributed by atoms with van der Waals surface area (Å²) in [6.07, 6.45) is 1.85. The molecule has 6 nitrogen and oxygen atoms in total. The van der Waals surface area contributed by atoms with Gasteiger partial charge in [-0.1, -0.05) is 6.07 Å². The molecule has 0 spiro atoms. The van der Waals surface area contributed by atoms with Crippen LogP contribution in [-0.4, -0.2) is 57.8 Å². The van der Waals surface area contributed by atoms with Crippen LogP contribution in [0.25, 0.3) is 0 Å². The number of thiophene rings is 1. The first kappa shape index (κ1) is 23.9. The third kappa shape index (κ3) is 7.14. The molecule has 0 bridgehead atoms. The quantitative estimate of drug-likeness (QED) is 0.469. The number of hydrogen-bond donors (Lipinski definition) is 0. The number of ketones is 1. The second-order valence-corrected chi connectivity index (χ2v) is 10.7. The average Bonchev–Trinajstić information content (AvgIpc) is 3.30. The van der Waals surface area contributed by atoms with Crippen molar-refractivity contribution < 1.29 is 22.7 Å². The monoisotopic (exact) mass is 465 g/mol. The lowest BCUT2D eigenvalue weighted by molar-refractivity contribution is -0.119. The summed E-state index contributed by atoms with van der Waals surface area (Å²) in [6, 6.07) is 10.8. The van der Waals surface area contributed by atoms with Gasteiger partial charge in [0.25, 0.3) is 0 Å². The van der Waals surface area contributed by atoms with Crippen LogP contribution in [0.3, 0.4) is 0 Å². The number of morpholine rings is 1. The molecule has 8 heteroatoms. The first-order chi connectivity index (χ1) is 15.0. The first-order valence-corrected chi connectivity index (χ1v) is 13.4. The van der Waals surface area contributed by atoms with Crippen LogP contribution in [0.2, 0.25) is 0 Å². The molecule has 1 saturated heterocycles. The Morgan fingerprint density at radius 1 is 1.16 bits per heavy atom. The zero-order valence-electron chi connectivity index (χ0n) is 18.0. The van der Waals surface area contributed by atoms with Crippen molar-refractivity contribution in [2.75, 3.05) is 38.7 Å². The van der Waals surface area contributed by atoms with Gasteiger partial charge in [0.05, 0.1) is 30.5 Å². The Balaban J connectivity index is 1.47. The standard InChI is InChI=1S/C23H31NO5S2/c1-2-29-20-8-10-21(11-9-20)31(26,27)18-4-5-19(25)7-12-22(23-6-3-17-30-23)24-13-15-28-16-14-24/h3,6,8-11,17,22H,2,4-5,7,12-16,18H2,1H3. The van der Waals surface area contributed by atoms with Gasteiger partial charge in [0.15, 0.2) is 9.84 Å². The zero-order valence-corrected chi connectivity index (χ0v) is 19.6. The number of hydrogen-bond acceptors (Lipinski definition) is 7. The van der Waals surface area contributed by atoms with Crippen LogP contribution < -0.4 is 4.74 Å². The lowest BCUT2D eigenvalue weighted by atomic mass is 10.0. The average molecular weight is 466 g/mol. The molecule has 0 N–H and O–H groups in total. The summed E-state index contributed by atoms with van der Waals surface area (Å²) in [5, 5.41) is 2.07. The largest absolute Gasteiger partial charge is 0.494 e. The summed E-state index contributed by atoms with van der Waals surface area (Å²) in [7, 11) is -3.40. The summed E-state index contributed by atoms with van der Waals surface area (Å²) in [5.41, 5.74) is 0. The highest BCUT2D eigenvalue weighted by atomic mass is 32.2. The smallest absolute Gasteiger partial charge is 0.178 e. The highest BCUT2D eigenvalue weighted by Gasteiger charge is 2.24. The van der Waals surface area contributed by atoms with Crippen molar-refractivity contribution in [3.8, 4) is 5.75 Å². The van der Waals surface area contributed by atoms with Gasteiger partial charge in [-0.05, 0) is 55.5 Å². The molecule has 1 aliphatic rings. The van der Waals surface area contributed by atoms with E-state index in [0.717, 1.165) is 32.7 Å². The lowest BCUT2D eigenvalue weighted by Crippen LogP contribution is -2.39. The van der Waals surface area contributed by atoms with E-state index in [9.17, 15) is 13.2 Å². The summed E-state index contributed by atoms with van der Waals surface area (Å²) in [4.78, 5) is 16.4. The molecule has 0 aliphatic carbocycles. The minimum absolute atomic E-state index is 0.0233. The van der Waals surface area contributed by atoms with Crippen LogP contribution >= 0.6 is 11.3 Å². The Hall–Kier alpha value is -1.74. The molecule has 2 aromatic rings. The minimum Gasteiger partial charge on any atom is -0.494 e. The fourth-order valence-corrected chi connectivity index (χ4v) is 5.99. The van der Waals surface area contributed by atoms with E-state index >= 15 is 0 Å². The van der Waals surface area contributed by atoms with E-state index in [2.05, 4.69) is 16.3 Å². The maximum atomic E-state index is 12.5. The van der Waals surface area contributed by atoms with E-state index in [-0.39, 0.29) is 28.9 Å². The minimum atomic E-state index is -3.40. The molecule has 170 valence electrons. The Bertz CT molecular complexity index is 904. The molecule has 1 aliphatic heterocycles. The molecule has 1 fully saturated rings. The highest BCUT2D eigenvalue weighted by molar-refractivity contribution is 7.91. The van der Waals surface area contributed by atoms with Crippen LogP contribution in [0.4, 0.5) is 0 Å². The Kier molecular flexibility index (Phi) is 9.07. The SMILES string of the molecule is CCOc1ccc(S(=O)(=O)CCCC(=O)CCC(c2cccs2)N2CCOCC2)cc1. The predicted molar refractivity (Wildman–Crippen MR) is 123 cm³/mol. The third-order valence-corrected chi connectivity index (χ3v) is 8.21. The van der Waals surface area contributed by atoms with Crippen LogP contribution in [0.5, 0.6) is 5.75 Å². The normalized spacial score (nSPS) is 16.2. The van der Waals surface area contributed by atoms with Gasteiger partial charge in [-0.25, -0.2) is 8.42 Å². The molecular weight excluding hydrogens is 434 g/mol. The number of carbonyl (C=O) groups excluding carboxylic acids is 1. The van der Waals surface area contributed by atoms with Crippen LogP contribution in [0.15, 0.2) is 46.7 Å². The van der Waals surface area contributed by atoms with Gasteiger partial charge in [0.2, 0.25) is 0 Å². The Labute approximate surface area is 189 Å². The van der Waals surface area contributed by atoms with Crippen molar-refractivity contribution in [3.63, 3.8) is 0 Å². The van der Waals surface area contributed by atoms with Crippen LogP contribution in [0.1, 0.15) is 43.5 Å². The van der Waals surface area contributed by atoms with Crippen LogP contribution in [-0.2, 0) is 19.4 Å². The summed E-state index contributed by atoms with van der Waals surface area (Å²) in [5.74, 6) is 0.749. The molecule has 3 rings (SSSR count). The van der Waals surface area contributed by atoms with E-state index in [0.29, 0.717) is 25.2 Å². The number of carbonyl (C=O) groups is 1. The fourth-order valence-electron chi connectivity index (χ4n) is 3.78. The molecule has 1 aromatic carbocycles. The molecular formula is C23H31NO5S2. The van der Waals surface area contributed by atoms with Gasteiger partial charge >= 0.3 is 0 Å². The summed E-state index contributed by atoms with van der Waals surface area (Å²) < 4.78 is 35.9. The molecule has 1 atom stereocenters. The molecule has 2 heterocycles. The fraction of sp³-hybridized carbons (Fsp3) is 0.522. The number of rotatable bonds is 12. The highest BCUT2D eigenvalue weighted by Crippen LogP contribution is 2.30. The number of nitrogens with zero attached hydrogens (tertiary/aromatic N) is 1. The van der Waals surface area contributed by atoms with Gasteiger partial charge in [0.1, 0.15) is 11.5 Å². The molecule has 1 aromatic heterocycles. The third-order valence-electron chi connectivity index (χ3n) is 5.42. The van der Waals surface area contributed by atoms with Crippen molar-refractivity contribution in [3.05, 3.63) is 46.7 Å². The summed E-state index contributed by atoms with van der Waals surface area (Å²) >= 11 is 1.72. The maximum Gasteiger partial charge on any atom is 0.178 e. The topological polar surface area (TPSA) is 72.9 Å². The summed E-state index contributed by atoms with van der Waals surface area (Å²) in [6.45, 7) is 5.60. The second-order valence-electron chi connectivity index (χ2n) is 7.58. The van der Waals surface area contributed by atoms with Crippen LogP contribution in [0, 0.1) is 0 Å². The van der Waals surface area contributed by atoms with Crippen molar-refractivity contribution in [1.82, 2.24) is 4.90 Å². The van der Waals surface area contributed by atoms with Gasteiger partial charge in [-0.3, -0.25) is 9.69 Å². The van der Waals surface area contributed by atoms with Gasteiger partial charge < -0.3 is 9.47 Å². The van der Waals surface area contributed by atoms with E-state index in [1.165, 1.54) is 4.88 Å². The number of ether oxygens (including phenoxy) is 2. The molecule has 31 heavy (non-hydrogen) atoms. The van der Waals surface area contributed by atoms with E-state index in [4.69, 9.17) is 9.47 Å². The predicted octanol–water partition coefficient (Wildman–Crippen LogP) is 4.12. The lowest BCUT2D eigenvalue weighted by Gasteiger charge is -2.34. The van der Waals surface area contributed by atoms with E-state index in [1.54, 1.807) is 35.6 Å². The maximum absolute atomic E-state index is 12.5. The Morgan fingerprint density at radius 2 is 1.90 bits per heavy atom. The second kappa shape index (κ2) is 11.8. The van der Waals surface area contributed by atoms with E-state index < -0.39 is 9.84 Å². The zero-order chi connectivity index (χ0) is 22.1. The molecule has 0 saturated carbocycles. The number of Topliss-reactive ketones (excluding diaryl/α,β-unsaturated/α-hetero) is 1. The number of benzene rings is 1. The number of sulfone groups is 1.